The Morgan fingerprint density at radius 1 is 0.944 bits per heavy atom. The van der Waals surface area contributed by atoms with Gasteiger partial charge in [0.1, 0.15) is 5.65 Å². The minimum absolute atomic E-state index is 1.03. The van der Waals surface area contributed by atoms with Crippen molar-refractivity contribution in [1.29, 1.82) is 0 Å². The standard InChI is InChI=1S/C16H12N2/c1-11-9-13-10-14(12-5-3-2-4-6-12)15-7-8-16(17-11)18(13)15/h2-10H,1H3. The molecule has 0 aliphatic rings. The molecule has 0 radical (unpaired) electrons. The zero-order chi connectivity index (χ0) is 12.1. The zero-order valence-corrected chi connectivity index (χ0v) is 10.1. The Balaban J connectivity index is 2.14. The van der Waals surface area contributed by atoms with E-state index < -0.39 is 0 Å². The molecule has 0 fully saturated rings. The lowest BCUT2D eigenvalue weighted by Gasteiger charge is -1.97. The number of hydrogen-bond acceptors (Lipinski definition) is 1. The first kappa shape index (κ1) is 9.66. The minimum atomic E-state index is 1.03. The van der Waals surface area contributed by atoms with Gasteiger partial charge >= 0.3 is 0 Å². The van der Waals surface area contributed by atoms with Gasteiger partial charge in [-0.15, -0.1) is 0 Å². The first-order valence-electron chi connectivity index (χ1n) is 6.09. The molecule has 1 aromatic carbocycles. The molecule has 86 valence electrons. The Labute approximate surface area is 105 Å². The highest BCUT2D eigenvalue weighted by Gasteiger charge is 2.11. The molecule has 0 amide bonds. The molecule has 0 saturated heterocycles. The van der Waals surface area contributed by atoms with Crippen molar-refractivity contribution in [2.75, 3.05) is 0 Å². The number of aromatic nitrogens is 2. The SMILES string of the molecule is Cc1cc2cc(-c3ccccc3)c3ccc(n1)n23. The van der Waals surface area contributed by atoms with Crippen LogP contribution in [0.3, 0.4) is 0 Å². The van der Waals surface area contributed by atoms with Crippen molar-refractivity contribution in [3.05, 3.63) is 60.3 Å². The van der Waals surface area contributed by atoms with Crippen LogP contribution in [0.4, 0.5) is 0 Å². The molecule has 18 heavy (non-hydrogen) atoms. The summed E-state index contributed by atoms with van der Waals surface area (Å²) < 4.78 is 2.22. The van der Waals surface area contributed by atoms with Crippen LogP contribution in [0.2, 0.25) is 0 Å². The summed E-state index contributed by atoms with van der Waals surface area (Å²) in [6.07, 6.45) is 0. The zero-order valence-electron chi connectivity index (χ0n) is 10.1. The third kappa shape index (κ3) is 1.20. The van der Waals surface area contributed by atoms with Crippen LogP contribution in [0.1, 0.15) is 5.69 Å². The molecule has 0 aliphatic heterocycles. The van der Waals surface area contributed by atoms with E-state index in [0.717, 1.165) is 11.3 Å². The second-order valence-electron chi connectivity index (χ2n) is 4.66. The summed E-state index contributed by atoms with van der Waals surface area (Å²) >= 11 is 0. The highest BCUT2D eigenvalue weighted by molar-refractivity contribution is 5.90. The molecule has 4 aromatic rings. The topological polar surface area (TPSA) is 17.3 Å². The second-order valence-corrected chi connectivity index (χ2v) is 4.66. The van der Waals surface area contributed by atoms with E-state index in [0.29, 0.717) is 0 Å². The van der Waals surface area contributed by atoms with Crippen molar-refractivity contribution in [2.24, 2.45) is 0 Å². The maximum atomic E-state index is 4.56. The van der Waals surface area contributed by atoms with E-state index in [1.54, 1.807) is 0 Å². The molecule has 0 saturated carbocycles. The summed E-state index contributed by atoms with van der Waals surface area (Å²) in [6, 6.07) is 19.1. The molecule has 3 aromatic heterocycles. The van der Waals surface area contributed by atoms with Gasteiger partial charge in [0, 0.05) is 11.3 Å². The van der Waals surface area contributed by atoms with Crippen LogP contribution in [-0.4, -0.2) is 9.38 Å². The van der Waals surface area contributed by atoms with E-state index in [2.05, 4.69) is 57.9 Å². The molecule has 0 atom stereocenters. The third-order valence-electron chi connectivity index (χ3n) is 3.42. The van der Waals surface area contributed by atoms with Crippen molar-refractivity contribution in [2.45, 2.75) is 6.92 Å². The van der Waals surface area contributed by atoms with Crippen molar-refractivity contribution in [1.82, 2.24) is 9.38 Å². The van der Waals surface area contributed by atoms with E-state index in [-0.39, 0.29) is 0 Å². The number of hydrogen-bond donors (Lipinski definition) is 0. The van der Waals surface area contributed by atoms with Gasteiger partial charge in [0.05, 0.1) is 11.0 Å². The number of nitrogens with zero attached hydrogens (tertiary/aromatic N) is 2. The fourth-order valence-corrected chi connectivity index (χ4v) is 2.66. The van der Waals surface area contributed by atoms with E-state index in [9.17, 15) is 0 Å². The molecule has 0 aliphatic carbocycles. The largest absolute Gasteiger partial charge is 0.294 e. The predicted octanol–water partition coefficient (Wildman–Crippen LogP) is 3.90. The summed E-state index contributed by atoms with van der Waals surface area (Å²) in [4.78, 5) is 4.56. The molecule has 3 heterocycles. The second kappa shape index (κ2) is 3.33. The summed E-state index contributed by atoms with van der Waals surface area (Å²) in [6.45, 7) is 2.04. The summed E-state index contributed by atoms with van der Waals surface area (Å²) in [5, 5.41) is 0. The lowest BCUT2D eigenvalue weighted by molar-refractivity contribution is 1.16. The normalized spacial score (nSPS) is 11.6. The fraction of sp³-hybridized carbons (Fsp3) is 0.0625. The van der Waals surface area contributed by atoms with Gasteiger partial charge in [-0.25, -0.2) is 4.98 Å². The van der Waals surface area contributed by atoms with Crippen LogP contribution in [0.5, 0.6) is 0 Å². The van der Waals surface area contributed by atoms with Crippen molar-refractivity contribution < 1.29 is 0 Å². The van der Waals surface area contributed by atoms with Crippen molar-refractivity contribution >= 4 is 16.7 Å². The average molecular weight is 232 g/mol. The number of aryl methyl sites for hydroxylation is 1. The maximum Gasteiger partial charge on any atom is 0.137 e. The van der Waals surface area contributed by atoms with Crippen LogP contribution in [-0.2, 0) is 0 Å². The third-order valence-corrected chi connectivity index (χ3v) is 3.42. The first-order valence-corrected chi connectivity index (χ1v) is 6.09. The van der Waals surface area contributed by atoms with Crippen molar-refractivity contribution in [3.8, 4) is 11.1 Å². The molecule has 2 heteroatoms. The number of benzene rings is 1. The smallest absolute Gasteiger partial charge is 0.137 e. The van der Waals surface area contributed by atoms with E-state index in [1.165, 1.54) is 22.2 Å². The van der Waals surface area contributed by atoms with Gasteiger partial charge < -0.3 is 0 Å². The van der Waals surface area contributed by atoms with Crippen molar-refractivity contribution in [3.63, 3.8) is 0 Å². The average Bonchev–Trinajstić information content (AvgIpc) is 2.95. The monoisotopic (exact) mass is 232 g/mol. The first-order chi connectivity index (χ1) is 8.83. The fourth-order valence-electron chi connectivity index (χ4n) is 2.66. The Morgan fingerprint density at radius 3 is 2.61 bits per heavy atom. The lowest BCUT2D eigenvalue weighted by atomic mass is 10.1. The summed E-state index contributed by atoms with van der Waals surface area (Å²) in [5.41, 5.74) is 7.08. The minimum Gasteiger partial charge on any atom is -0.294 e. The van der Waals surface area contributed by atoms with E-state index >= 15 is 0 Å². The van der Waals surface area contributed by atoms with Crippen LogP contribution >= 0.6 is 0 Å². The Bertz CT molecular complexity index is 828. The summed E-state index contributed by atoms with van der Waals surface area (Å²) in [5.74, 6) is 0. The summed E-state index contributed by atoms with van der Waals surface area (Å²) in [7, 11) is 0. The van der Waals surface area contributed by atoms with Gasteiger partial charge in [0.25, 0.3) is 0 Å². The Morgan fingerprint density at radius 2 is 1.78 bits per heavy atom. The lowest BCUT2D eigenvalue weighted by Crippen LogP contribution is -1.88. The molecule has 0 spiro atoms. The highest BCUT2D eigenvalue weighted by atomic mass is 15.0. The van der Waals surface area contributed by atoms with E-state index in [1.807, 2.05) is 13.0 Å². The maximum absolute atomic E-state index is 4.56. The van der Waals surface area contributed by atoms with Crippen LogP contribution in [0.15, 0.2) is 54.6 Å². The van der Waals surface area contributed by atoms with Crippen LogP contribution in [0.25, 0.3) is 27.8 Å². The van der Waals surface area contributed by atoms with Crippen LogP contribution in [0, 0.1) is 6.92 Å². The molecule has 0 bridgehead atoms. The Kier molecular flexibility index (Phi) is 1.78. The Hall–Kier alpha value is -2.35. The van der Waals surface area contributed by atoms with Gasteiger partial charge in [-0.3, -0.25) is 4.40 Å². The van der Waals surface area contributed by atoms with Gasteiger partial charge in [-0.05, 0) is 36.8 Å². The predicted molar refractivity (Wildman–Crippen MR) is 74.1 cm³/mol. The van der Waals surface area contributed by atoms with E-state index in [4.69, 9.17) is 0 Å². The quantitative estimate of drug-likeness (QED) is 0.486. The molecule has 2 nitrogen and oxygen atoms in total. The van der Waals surface area contributed by atoms with Gasteiger partial charge in [0.15, 0.2) is 0 Å². The van der Waals surface area contributed by atoms with Gasteiger partial charge in [-0.2, -0.15) is 0 Å². The van der Waals surface area contributed by atoms with Gasteiger partial charge in [-0.1, -0.05) is 30.3 Å². The molecule has 4 rings (SSSR count). The van der Waals surface area contributed by atoms with Gasteiger partial charge in [0.2, 0.25) is 0 Å². The molecular formula is C16H12N2. The number of rotatable bonds is 1. The highest BCUT2D eigenvalue weighted by Crippen LogP contribution is 2.31. The molecule has 0 N–H and O–H groups in total. The van der Waals surface area contributed by atoms with Crippen LogP contribution < -0.4 is 0 Å². The molecule has 0 unspecified atom stereocenters. The molecular weight excluding hydrogens is 220 g/mol.